The third kappa shape index (κ3) is 4.79. The van der Waals surface area contributed by atoms with Crippen LogP contribution in [-0.2, 0) is 14.3 Å². The number of hydrogen-bond donors (Lipinski definition) is 2. The number of aliphatic carboxylic acids is 1. The molecule has 5 heteroatoms. The fourth-order valence-corrected chi connectivity index (χ4v) is 3.24. The molecular weight excluding hydrogens is 294 g/mol. The fraction of sp³-hybridized carbons (Fsp3) is 0.556. The number of carboxylic acid groups (broad SMARTS) is 1. The van der Waals surface area contributed by atoms with Crippen LogP contribution in [0.5, 0.6) is 0 Å². The summed E-state index contributed by atoms with van der Waals surface area (Å²) in [5, 5.41) is 12.7. The summed E-state index contributed by atoms with van der Waals surface area (Å²) in [7, 11) is 0. The maximum atomic E-state index is 11.8. The number of esters is 1. The SMILES string of the molecule is CC(C)(C)OC(=O)CNC1CCC(c2ccccc2)C1C(=O)O. The van der Waals surface area contributed by atoms with Gasteiger partial charge in [0.15, 0.2) is 0 Å². The lowest BCUT2D eigenvalue weighted by Gasteiger charge is -2.24. The van der Waals surface area contributed by atoms with Gasteiger partial charge < -0.3 is 15.2 Å². The average molecular weight is 319 g/mol. The van der Waals surface area contributed by atoms with E-state index in [2.05, 4.69) is 5.32 Å². The molecule has 126 valence electrons. The molecule has 1 aliphatic carbocycles. The topological polar surface area (TPSA) is 75.6 Å². The molecule has 0 amide bonds. The Morgan fingerprint density at radius 1 is 1.22 bits per heavy atom. The van der Waals surface area contributed by atoms with Crippen LogP contribution < -0.4 is 5.32 Å². The van der Waals surface area contributed by atoms with Gasteiger partial charge >= 0.3 is 11.9 Å². The van der Waals surface area contributed by atoms with Crippen molar-refractivity contribution in [3.63, 3.8) is 0 Å². The number of carbonyl (C=O) groups excluding carboxylic acids is 1. The molecule has 0 bridgehead atoms. The zero-order valence-electron chi connectivity index (χ0n) is 13.9. The molecule has 2 N–H and O–H groups in total. The molecule has 3 unspecified atom stereocenters. The van der Waals surface area contributed by atoms with Gasteiger partial charge in [0.2, 0.25) is 0 Å². The molecule has 2 rings (SSSR count). The lowest BCUT2D eigenvalue weighted by molar-refractivity contribution is -0.154. The molecule has 5 nitrogen and oxygen atoms in total. The maximum Gasteiger partial charge on any atom is 0.320 e. The van der Waals surface area contributed by atoms with Crippen molar-refractivity contribution >= 4 is 11.9 Å². The predicted molar refractivity (Wildman–Crippen MR) is 87.2 cm³/mol. The highest BCUT2D eigenvalue weighted by Crippen LogP contribution is 2.39. The predicted octanol–water partition coefficient (Wildman–Crippen LogP) is 2.56. The van der Waals surface area contributed by atoms with Crippen molar-refractivity contribution in [3.05, 3.63) is 35.9 Å². The van der Waals surface area contributed by atoms with Crippen LogP contribution >= 0.6 is 0 Å². The van der Waals surface area contributed by atoms with Crippen LogP contribution in [0.4, 0.5) is 0 Å². The molecule has 1 aromatic carbocycles. The van der Waals surface area contributed by atoms with Crippen molar-refractivity contribution in [2.45, 2.75) is 51.2 Å². The van der Waals surface area contributed by atoms with E-state index in [1.807, 2.05) is 51.1 Å². The zero-order chi connectivity index (χ0) is 17.0. The minimum atomic E-state index is -0.821. The van der Waals surface area contributed by atoms with E-state index >= 15 is 0 Å². The molecular formula is C18H25NO4. The molecule has 1 aromatic rings. The Morgan fingerprint density at radius 3 is 2.43 bits per heavy atom. The second-order valence-electron chi connectivity index (χ2n) is 7.03. The van der Waals surface area contributed by atoms with Gasteiger partial charge in [0, 0.05) is 6.04 Å². The van der Waals surface area contributed by atoms with Gasteiger partial charge in [-0.25, -0.2) is 0 Å². The highest BCUT2D eigenvalue weighted by Gasteiger charge is 2.41. The summed E-state index contributed by atoms with van der Waals surface area (Å²) in [6, 6.07) is 9.50. The van der Waals surface area contributed by atoms with Crippen molar-refractivity contribution in [2.75, 3.05) is 6.54 Å². The standard InChI is InChI=1S/C18H25NO4/c1-18(2,3)23-15(20)11-19-14-10-9-13(16(14)17(21)22)12-7-5-4-6-8-12/h4-8,13-14,16,19H,9-11H2,1-3H3,(H,21,22). The summed E-state index contributed by atoms with van der Waals surface area (Å²) in [5.41, 5.74) is 0.509. The Labute approximate surface area is 137 Å². The summed E-state index contributed by atoms with van der Waals surface area (Å²) < 4.78 is 5.26. The van der Waals surface area contributed by atoms with Crippen molar-refractivity contribution < 1.29 is 19.4 Å². The molecule has 0 aliphatic heterocycles. The molecule has 1 aliphatic rings. The van der Waals surface area contributed by atoms with Crippen LogP contribution in [0, 0.1) is 5.92 Å². The normalized spacial score (nSPS) is 24.4. The lowest BCUT2D eigenvalue weighted by atomic mass is 9.87. The Kier molecular flexibility index (Phi) is 5.42. The van der Waals surface area contributed by atoms with Gasteiger partial charge in [-0.3, -0.25) is 9.59 Å². The third-order valence-corrected chi connectivity index (χ3v) is 4.10. The first-order valence-electron chi connectivity index (χ1n) is 8.01. The molecule has 3 atom stereocenters. The molecule has 0 spiro atoms. The fourth-order valence-electron chi connectivity index (χ4n) is 3.24. The monoisotopic (exact) mass is 319 g/mol. The van der Waals surface area contributed by atoms with Crippen LogP contribution in [0.2, 0.25) is 0 Å². The number of carbonyl (C=O) groups is 2. The van der Waals surface area contributed by atoms with E-state index in [-0.39, 0.29) is 24.5 Å². The van der Waals surface area contributed by atoms with Crippen LogP contribution in [0.15, 0.2) is 30.3 Å². The molecule has 1 fully saturated rings. The van der Waals surface area contributed by atoms with Gasteiger partial charge in [-0.1, -0.05) is 30.3 Å². The van der Waals surface area contributed by atoms with Crippen molar-refractivity contribution in [3.8, 4) is 0 Å². The number of carboxylic acids is 1. The Hall–Kier alpha value is -1.88. The summed E-state index contributed by atoms with van der Waals surface area (Å²) in [5.74, 6) is -1.73. The smallest absolute Gasteiger partial charge is 0.320 e. The first-order valence-corrected chi connectivity index (χ1v) is 8.01. The van der Waals surface area contributed by atoms with Crippen molar-refractivity contribution in [1.29, 1.82) is 0 Å². The number of nitrogens with one attached hydrogen (secondary N) is 1. The minimum Gasteiger partial charge on any atom is -0.481 e. The van der Waals surface area contributed by atoms with E-state index in [0.29, 0.717) is 0 Å². The zero-order valence-corrected chi connectivity index (χ0v) is 13.9. The summed E-state index contributed by atoms with van der Waals surface area (Å²) in [6.45, 7) is 5.47. The number of ether oxygens (including phenoxy) is 1. The lowest BCUT2D eigenvalue weighted by Crippen LogP contribution is -2.42. The molecule has 0 heterocycles. The van der Waals surface area contributed by atoms with Gasteiger partial charge in [0.25, 0.3) is 0 Å². The Morgan fingerprint density at radius 2 is 1.87 bits per heavy atom. The average Bonchev–Trinajstić information content (AvgIpc) is 2.88. The minimum absolute atomic E-state index is 0.0233. The number of benzene rings is 1. The van der Waals surface area contributed by atoms with Gasteiger partial charge in [-0.2, -0.15) is 0 Å². The first kappa shape index (κ1) is 17.5. The van der Waals surface area contributed by atoms with Crippen LogP contribution in [0.3, 0.4) is 0 Å². The molecule has 1 saturated carbocycles. The van der Waals surface area contributed by atoms with Crippen molar-refractivity contribution in [1.82, 2.24) is 5.32 Å². The second kappa shape index (κ2) is 7.13. The summed E-state index contributed by atoms with van der Waals surface area (Å²) in [6.07, 6.45) is 1.53. The Bertz CT molecular complexity index is 550. The van der Waals surface area contributed by atoms with E-state index in [9.17, 15) is 14.7 Å². The van der Waals surface area contributed by atoms with E-state index < -0.39 is 17.5 Å². The largest absolute Gasteiger partial charge is 0.481 e. The summed E-state index contributed by atoms with van der Waals surface area (Å²) in [4.78, 5) is 23.5. The number of rotatable bonds is 5. The van der Waals surface area contributed by atoms with Gasteiger partial charge in [-0.05, 0) is 45.1 Å². The van der Waals surface area contributed by atoms with E-state index in [1.54, 1.807) is 0 Å². The second-order valence-corrected chi connectivity index (χ2v) is 7.03. The molecule has 0 aromatic heterocycles. The van der Waals surface area contributed by atoms with Gasteiger partial charge in [0.1, 0.15) is 5.60 Å². The first-order chi connectivity index (χ1) is 10.8. The quantitative estimate of drug-likeness (QED) is 0.816. The van der Waals surface area contributed by atoms with Gasteiger partial charge in [0.05, 0.1) is 12.5 Å². The molecule has 0 saturated heterocycles. The highest BCUT2D eigenvalue weighted by molar-refractivity contribution is 5.74. The van der Waals surface area contributed by atoms with Crippen LogP contribution in [-0.4, -0.2) is 35.2 Å². The van der Waals surface area contributed by atoms with Crippen molar-refractivity contribution in [2.24, 2.45) is 5.92 Å². The Balaban J connectivity index is 2.00. The van der Waals surface area contributed by atoms with Gasteiger partial charge in [-0.15, -0.1) is 0 Å². The van der Waals surface area contributed by atoms with Crippen LogP contribution in [0.1, 0.15) is 45.1 Å². The maximum absolute atomic E-state index is 11.8. The summed E-state index contributed by atoms with van der Waals surface area (Å²) >= 11 is 0. The molecule has 0 radical (unpaired) electrons. The van der Waals surface area contributed by atoms with E-state index in [1.165, 1.54) is 0 Å². The highest BCUT2D eigenvalue weighted by atomic mass is 16.6. The third-order valence-electron chi connectivity index (χ3n) is 4.10. The molecule has 23 heavy (non-hydrogen) atoms. The number of hydrogen-bond acceptors (Lipinski definition) is 4. The van der Waals surface area contributed by atoms with E-state index in [4.69, 9.17) is 4.74 Å². The van der Waals surface area contributed by atoms with Crippen LogP contribution in [0.25, 0.3) is 0 Å². The van der Waals surface area contributed by atoms with E-state index in [0.717, 1.165) is 18.4 Å².